The number of carbonyl (C=O) groups is 1. The molecule has 0 amide bonds. The van der Waals surface area contributed by atoms with Crippen molar-refractivity contribution in [3.05, 3.63) is 0 Å². The van der Waals surface area contributed by atoms with Crippen LogP contribution in [0.25, 0.3) is 0 Å². The first kappa shape index (κ1) is 16.4. The van der Waals surface area contributed by atoms with Crippen LogP contribution in [-0.4, -0.2) is 37.6 Å². The van der Waals surface area contributed by atoms with Crippen LogP contribution in [-0.2, 0) is 9.53 Å². The average Bonchev–Trinajstić information content (AvgIpc) is 2.34. The van der Waals surface area contributed by atoms with E-state index < -0.39 is 0 Å². The van der Waals surface area contributed by atoms with Crippen LogP contribution in [0, 0.1) is 5.92 Å². The van der Waals surface area contributed by atoms with Crippen LogP contribution in [0.5, 0.6) is 0 Å². The van der Waals surface area contributed by atoms with Crippen molar-refractivity contribution in [1.29, 1.82) is 0 Å². The molecule has 0 heterocycles. The third kappa shape index (κ3) is 8.19. The first-order chi connectivity index (χ1) is 8.15. The number of esters is 1. The van der Waals surface area contributed by atoms with Gasteiger partial charge in [0.05, 0.1) is 12.5 Å². The molecule has 0 rings (SSSR count). The summed E-state index contributed by atoms with van der Waals surface area (Å²) in [6.45, 7) is 8.75. The second kappa shape index (κ2) is 10.6. The van der Waals surface area contributed by atoms with Gasteiger partial charge < -0.3 is 9.64 Å². The van der Waals surface area contributed by atoms with E-state index in [1.165, 1.54) is 0 Å². The fourth-order valence-electron chi connectivity index (χ4n) is 1.67. The van der Waals surface area contributed by atoms with Crippen LogP contribution in [0.4, 0.5) is 0 Å². The van der Waals surface area contributed by atoms with Gasteiger partial charge in [0.15, 0.2) is 0 Å². The van der Waals surface area contributed by atoms with Crippen molar-refractivity contribution >= 4 is 5.97 Å². The lowest BCUT2D eigenvalue weighted by molar-refractivity contribution is -0.149. The highest BCUT2D eigenvalue weighted by Gasteiger charge is 2.20. The maximum Gasteiger partial charge on any atom is 0.310 e. The highest BCUT2D eigenvalue weighted by molar-refractivity contribution is 5.72. The third-order valence-electron chi connectivity index (χ3n) is 3.05. The Kier molecular flexibility index (Phi) is 10.2. The minimum atomic E-state index is -0.00722. The van der Waals surface area contributed by atoms with E-state index in [1.54, 1.807) is 0 Å². The van der Waals surface area contributed by atoms with E-state index in [-0.39, 0.29) is 11.9 Å². The number of hydrogen-bond acceptors (Lipinski definition) is 3. The Balaban J connectivity index is 4.09. The lowest BCUT2D eigenvalue weighted by Crippen LogP contribution is -2.31. The fraction of sp³-hybridized carbons (Fsp3) is 0.929. The van der Waals surface area contributed by atoms with Gasteiger partial charge in [-0.05, 0) is 26.4 Å². The number of unbranched alkanes of at least 4 members (excludes halogenated alkanes) is 2. The number of rotatable bonds is 10. The van der Waals surface area contributed by atoms with Crippen molar-refractivity contribution in [2.24, 2.45) is 5.92 Å². The SMILES string of the molecule is CCCCOC(=O)C(CCCC)CN(C)CC. The Labute approximate surface area is 107 Å². The molecule has 3 nitrogen and oxygen atoms in total. The number of nitrogens with zero attached hydrogens (tertiary/aromatic N) is 1. The molecular weight excluding hydrogens is 214 g/mol. The molecule has 0 saturated heterocycles. The number of hydrogen-bond donors (Lipinski definition) is 0. The van der Waals surface area contributed by atoms with E-state index in [2.05, 4.69) is 32.7 Å². The van der Waals surface area contributed by atoms with Gasteiger partial charge in [0, 0.05) is 6.54 Å². The lowest BCUT2D eigenvalue weighted by atomic mass is 10.0. The van der Waals surface area contributed by atoms with Crippen LogP contribution in [0.2, 0.25) is 0 Å². The smallest absolute Gasteiger partial charge is 0.310 e. The molecule has 3 heteroatoms. The molecule has 0 spiro atoms. The summed E-state index contributed by atoms with van der Waals surface area (Å²) in [5, 5.41) is 0. The van der Waals surface area contributed by atoms with Gasteiger partial charge >= 0.3 is 5.97 Å². The Morgan fingerprint density at radius 3 is 2.35 bits per heavy atom. The summed E-state index contributed by atoms with van der Waals surface area (Å²) < 4.78 is 5.32. The van der Waals surface area contributed by atoms with Gasteiger partial charge in [-0.15, -0.1) is 0 Å². The fourth-order valence-corrected chi connectivity index (χ4v) is 1.67. The molecule has 0 aromatic carbocycles. The molecular formula is C14H29NO2. The van der Waals surface area contributed by atoms with Crippen LogP contribution in [0.3, 0.4) is 0 Å². The maximum atomic E-state index is 11.9. The molecule has 0 aromatic rings. The zero-order valence-corrected chi connectivity index (χ0v) is 12.0. The standard InChI is InChI=1S/C14H29NO2/c1-5-8-10-13(12-15(4)7-3)14(16)17-11-9-6-2/h13H,5-12H2,1-4H3. The van der Waals surface area contributed by atoms with Gasteiger partial charge in [-0.1, -0.05) is 40.0 Å². The van der Waals surface area contributed by atoms with Gasteiger partial charge in [-0.2, -0.15) is 0 Å². The van der Waals surface area contributed by atoms with Crippen LogP contribution >= 0.6 is 0 Å². The molecule has 102 valence electrons. The molecule has 0 N–H and O–H groups in total. The molecule has 0 bridgehead atoms. The van der Waals surface area contributed by atoms with E-state index in [9.17, 15) is 4.79 Å². The zero-order valence-electron chi connectivity index (χ0n) is 12.0. The van der Waals surface area contributed by atoms with Crippen molar-refractivity contribution in [2.75, 3.05) is 26.7 Å². The van der Waals surface area contributed by atoms with Crippen LogP contribution in [0.15, 0.2) is 0 Å². The monoisotopic (exact) mass is 243 g/mol. The predicted molar refractivity (Wildman–Crippen MR) is 72.1 cm³/mol. The molecule has 0 aromatic heterocycles. The molecule has 0 aliphatic carbocycles. The van der Waals surface area contributed by atoms with Gasteiger partial charge in [-0.25, -0.2) is 0 Å². The predicted octanol–water partition coefficient (Wildman–Crippen LogP) is 3.09. The molecule has 0 radical (unpaired) electrons. The first-order valence-corrected chi connectivity index (χ1v) is 7.00. The summed E-state index contributed by atoms with van der Waals surface area (Å²) in [4.78, 5) is 14.1. The van der Waals surface area contributed by atoms with Crippen molar-refractivity contribution in [3.63, 3.8) is 0 Å². The quantitative estimate of drug-likeness (QED) is 0.436. The van der Waals surface area contributed by atoms with E-state index in [0.29, 0.717) is 6.61 Å². The van der Waals surface area contributed by atoms with E-state index in [0.717, 1.165) is 45.2 Å². The van der Waals surface area contributed by atoms with E-state index in [1.807, 2.05) is 0 Å². The Morgan fingerprint density at radius 1 is 1.18 bits per heavy atom. The van der Waals surface area contributed by atoms with Gasteiger partial charge in [0.25, 0.3) is 0 Å². The molecule has 17 heavy (non-hydrogen) atoms. The minimum absolute atomic E-state index is 0.00722. The highest BCUT2D eigenvalue weighted by Crippen LogP contribution is 2.12. The summed E-state index contributed by atoms with van der Waals surface area (Å²) in [6.07, 6.45) is 5.23. The molecule has 1 atom stereocenters. The summed E-state index contributed by atoms with van der Waals surface area (Å²) in [5.74, 6) is 0.0453. The van der Waals surface area contributed by atoms with Crippen molar-refractivity contribution in [1.82, 2.24) is 4.90 Å². The Morgan fingerprint density at radius 2 is 1.82 bits per heavy atom. The second-order valence-corrected chi connectivity index (χ2v) is 4.72. The molecule has 0 aliphatic heterocycles. The average molecular weight is 243 g/mol. The minimum Gasteiger partial charge on any atom is -0.465 e. The third-order valence-corrected chi connectivity index (χ3v) is 3.05. The Hall–Kier alpha value is -0.570. The van der Waals surface area contributed by atoms with Crippen LogP contribution < -0.4 is 0 Å². The number of ether oxygens (including phenoxy) is 1. The largest absolute Gasteiger partial charge is 0.465 e. The zero-order chi connectivity index (χ0) is 13.1. The summed E-state index contributed by atoms with van der Waals surface area (Å²) in [7, 11) is 2.05. The van der Waals surface area contributed by atoms with Gasteiger partial charge in [-0.3, -0.25) is 4.79 Å². The summed E-state index contributed by atoms with van der Waals surface area (Å²) in [6, 6.07) is 0. The second-order valence-electron chi connectivity index (χ2n) is 4.72. The lowest BCUT2D eigenvalue weighted by Gasteiger charge is -2.21. The van der Waals surface area contributed by atoms with Crippen LogP contribution in [0.1, 0.15) is 52.9 Å². The molecule has 0 aliphatic rings. The van der Waals surface area contributed by atoms with Crippen molar-refractivity contribution < 1.29 is 9.53 Å². The molecule has 1 unspecified atom stereocenters. The molecule has 0 fully saturated rings. The van der Waals surface area contributed by atoms with Gasteiger partial charge in [0.1, 0.15) is 0 Å². The van der Waals surface area contributed by atoms with Crippen molar-refractivity contribution in [2.45, 2.75) is 52.9 Å². The van der Waals surface area contributed by atoms with Gasteiger partial charge in [0.2, 0.25) is 0 Å². The van der Waals surface area contributed by atoms with Crippen molar-refractivity contribution in [3.8, 4) is 0 Å². The number of carbonyl (C=O) groups excluding carboxylic acids is 1. The summed E-state index contributed by atoms with van der Waals surface area (Å²) >= 11 is 0. The summed E-state index contributed by atoms with van der Waals surface area (Å²) in [5.41, 5.74) is 0. The maximum absolute atomic E-state index is 11.9. The molecule has 0 saturated carbocycles. The normalized spacial score (nSPS) is 12.8. The Bertz CT molecular complexity index is 195. The highest BCUT2D eigenvalue weighted by atomic mass is 16.5. The topological polar surface area (TPSA) is 29.5 Å². The first-order valence-electron chi connectivity index (χ1n) is 7.00. The van der Waals surface area contributed by atoms with E-state index in [4.69, 9.17) is 4.74 Å². The van der Waals surface area contributed by atoms with E-state index >= 15 is 0 Å².